The number of alkyl halides is 3. The van der Waals surface area contributed by atoms with Crippen LogP contribution in [0.5, 0.6) is 0 Å². The first-order valence-electron chi connectivity index (χ1n) is 8.37. The third-order valence-electron chi connectivity index (χ3n) is 5.64. The number of nitrogens with one attached hydrogen (secondary N) is 1. The molecule has 1 aromatic carbocycles. The highest BCUT2D eigenvalue weighted by molar-refractivity contribution is 6.06. The van der Waals surface area contributed by atoms with E-state index in [9.17, 15) is 18.0 Å². The summed E-state index contributed by atoms with van der Waals surface area (Å²) >= 11 is 0. The van der Waals surface area contributed by atoms with Crippen LogP contribution in [0.1, 0.15) is 59.2 Å². The monoisotopic (exact) mass is 348 g/mol. The van der Waals surface area contributed by atoms with Gasteiger partial charge < -0.3 is 9.88 Å². The SMILES string of the molecule is Cn1cc(C(=O)Nc2cccc3c2C2(C)CCC3C2)c(C(F)(F)F)c1. The normalized spacial score (nSPS) is 24.4. The van der Waals surface area contributed by atoms with Crippen LogP contribution < -0.4 is 5.32 Å². The molecule has 4 rings (SSSR count). The molecule has 1 saturated carbocycles. The quantitative estimate of drug-likeness (QED) is 0.828. The number of nitrogens with zero attached hydrogens (tertiary/aromatic N) is 1. The Kier molecular flexibility index (Phi) is 3.33. The van der Waals surface area contributed by atoms with E-state index >= 15 is 0 Å². The average Bonchev–Trinajstić information content (AvgIpc) is 3.17. The fourth-order valence-corrected chi connectivity index (χ4v) is 4.60. The number of carbonyl (C=O) groups is 1. The predicted octanol–water partition coefficient (Wildman–Crippen LogP) is 4.84. The van der Waals surface area contributed by atoms with E-state index < -0.39 is 17.6 Å². The summed E-state index contributed by atoms with van der Waals surface area (Å²) in [6.45, 7) is 2.18. The highest BCUT2D eigenvalue weighted by Crippen LogP contribution is 2.58. The second-order valence-electron chi connectivity index (χ2n) is 7.47. The van der Waals surface area contributed by atoms with Gasteiger partial charge in [0.15, 0.2) is 0 Å². The molecule has 1 fully saturated rings. The number of halogens is 3. The van der Waals surface area contributed by atoms with Crippen LogP contribution in [0.4, 0.5) is 18.9 Å². The molecular weight excluding hydrogens is 329 g/mol. The van der Waals surface area contributed by atoms with E-state index in [2.05, 4.69) is 18.3 Å². The molecule has 0 spiro atoms. The zero-order valence-corrected chi connectivity index (χ0v) is 14.1. The molecule has 1 heterocycles. The van der Waals surface area contributed by atoms with E-state index in [4.69, 9.17) is 0 Å². The molecule has 2 unspecified atom stereocenters. The highest BCUT2D eigenvalue weighted by Gasteiger charge is 2.47. The van der Waals surface area contributed by atoms with E-state index in [0.29, 0.717) is 11.6 Å². The Morgan fingerprint density at radius 1 is 1.32 bits per heavy atom. The van der Waals surface area contributed by atoms with E-state index in [0.717, 1.165) is 31.0 Å². The Hall–Kier alpha value is -2.24. The lowest BCUT2D eigenvalue weighted by atomic mass is 9.80. The Balaban J connectivity index is 1.71. The van der Waals surface area contributed by atoms with Crippen LogP contribution in [0.15, 0.2) is 30.6 Å². The Labute approximate surface area is 143 Å². The maximum absolute atomic E-state index is 13.2. The smallest absolute Gasteiger partial charge is 0.356 e. The van der Waals surface area contributed by atoms with Crippen molar-refractivity contribution < 1.29 is 18.0 Å². The molecule has 2 bridgehead atoms. The molecule has 2 aliphatic carbocycles. The molecule has 0 saturated heterocycles. The van der Waals surface area contributed by atoms with Gasteiger partial charge in [0, 0.05) is 25.1 Å². The van der Waals surface area contributed by atoms with Gasteiger partial charge in [0.05, 0.1) is 11.1 Å². The lowest BCUT2D eigenvalue weighted by Gasteiger charge is -2.27. The summed E-state index contributed by atoms with van der Waals surface area (Å²) < 4.78 is 40.8. The van der Waals surface area contributed by atoms with Gasteiger partial charge in [0.1, 0.15) is 0 Å². The van der Waals surface area contributed by atoms with Crippen LogP contribution in [0.2, 0.25) is 0 Å². The number of aromatic nitrogens is 1. The van der Waals surface area contributed by atoms with E-state index in [1.807, 2.05) is 6.07 Å². The lowest BCUT2D eigenvalue weighted by Crippen LogP contribution is -2.22. The standard InChI is InChI=1S/C19H19F3N2O/c1-18-7-6-11(8-18)12-4-3-5-15(16(12)18)23-17(25)13-9-24(2)10-14(13)19(20,21)22/h3-5,9-11H,6-8H2,1-2H3,(H,23,25). The summed E-state index contributed by atoms with van der Waals surface area (Å²) in [5, 5.41) is 2.74. The van der Waals surface area contributed by atoms with Gasteiger partial charge in [-0.05, 0) is 47.8 Å². The number of anilines is 1. The first-order valence-corrected chi connectivity index (χ1v) is 8.37. The topological polar surface area (TPSA) is 34.0 Å². The molecule has 0 radical (unpaired) electrons. The molecule has 0 aliphatic heterocycles. The summed E-state index contributed by atoms with van der Waals surface area (Å²) in [4.78, 5) is 12.6. The van der Waals surface area contributed by atoms with Crippen molar-refractivity contribution in [1.29, 1.82) is 0 Å². The van der Waals surface area contributed by atoms with Gasteiger partial charge in [0.2, 0.25) is 0 Å². The summed E-state index contributed by atoms with van der Waals surface area (Å²) in [7, 11) is 1.48. The van der Waals surface area contributed by atoms with Crippen molar-refractivity contribution in [2.24, 2.45) is 7.05 Å². The minimum absolute atomic E-state index is 0.00736. The number of amides is 1. The average molecular weight is 348 g/mol. The number of aryl methyl sites for hydroxylation is 1. The fraction of sp³-hybridized carbons (Fsp3) is 0.421. The van der Waals surface area contributed by atoms with Crippen LogP contribution in [-0.4, -0.2) is 10.5 Å². The molecule has 2 aromatic rings. The van der Waals surface area contributed by atoms with E-state index in [1.54, 1.807) is 6.07 Å². The molecule has 2 atom stereocenters. The molecule has 1 aromatic heterocycles. The molecule has 3 nitrogen and oxygen atoms in total. The molecular formula is C19H19F3N2O. The van der Waals surface area contributed by atoms with Crippen molar-refractivity contribution in [3.05, 3.63) is 52.8 Å². The number of hydrogen-bond acceptors (Lipinski definition) is 1. The summed E-state index contributed by atoms with van der Waals surface area (Å²) in [5.74, 6) is -0.216. The largest absolute Gasteiger partial charge is 0.418 e. The molecule has 1 amide bonds. The maximum atomic E-state index is 13.2. The third-order valence-corrected chi connectivity index (χ3v) is 5.64. The lowest BCUT2D eigenvalue weighted by molar-refractivity contribution is -0.137. The van der Waals surface area contributed by atoms with Crippen molar-refractivity contribution >= 4 is 11.6 Å². The van der Waals surface area contributed by atoms with Gasteiger partial charge in [-0.25, -0.2) is 0 Å². The minimum atomic E-state index is -4.56. The van der Waals surface area contributed by atoms with Gasteiger partial charge in [-0.2, -0.15) is 13.2 Å². The second kappa shape index (κ2) is 5.13. The number of fused-ring (bicyclic) bond motifs is 5. The van der Waals surface area contributed by atoms with Crippen LogP contribution in [-0.2, 0) is 18.6 Å². The van der Waals surface area contributed by atoms with Gasteiger partial charge >= 0.3 is 6.18 Å². The van der Waals surface area contributed by atoms with E-state index in [-0.39, 0.29) is 11.0 Å². The number of benzene rings is 1. The van der Waals surface area contributed by atoms with Crippen molar-refractivity contribution in [2.45, 2.75) is 43.7 Å². The number of rotatable bonds is 2. The van der Waals surface area contributed by atoms with Crippen LogP contribution in [0.25, 0.3) is 0 Å². The Morgan fingerprint density at radius 3 is 2.80 bits per heavy atom. The van der Waals surface area contributed by atoms with Crippen LogP contribution >= 0.6 is 0 Å². The maximum Gasteiger partial charge on any atom is 0.418 e. The van der Waals surface area contributed by atoms with Crippen molar-refractivity contribution in [3.63, 3.8) is 0 Å². The van der Waals surface area contributed by atoms with Gasteiger partial charge in [-0.15, -0.1) is 0 Å². The third kappa shape index (κ3) is 2.46. The molecule has 25 heavy (non-hydrogen) atoms. The van der Waals surface area contributed by atoms with Gasteiger partial charge in [-0.1, -0.05) is 19.1 Å². The van der Waals surface area contributed by atoms with Crippen LogP contribution in [0.3, 0.4) is 0 Å². The highest BCUT2D eigenvalue weighted by atomic mass is 19.4. The Morgan fingerprint density at radius 2 is 2.08 bits per heavy atom. The molecule has 6 heteroatoms. The first kappa shape index (κ1) is 16.2. The zero-order valence-electron chi connectivity index (χ0n) is 14.1. The van der Waals surface area contributed by atoms with Crippen molar-refractivity contribution in [2.75, 3.05) is 5.32 Å². The summed E-state index contributed by atoms with van der Waals surface area (Å²) in [6, 6.07) is 5.73. The van der Waals surface area contributed by atoms with Gasteiger partial charge in [0.25, 0.3) is 5.91 Å². The predicted molar refractivity (Wildman–Crippen MR) is 88.8 cm³/mol. The molecule has 132 valence electrons. The second-order valence-corrected chi connectivity index (χ2v) is 7.47. The minimum Gasteiger partial charge on any atom is -0.356 e. The van der Waals surface area contributed by atoms with E-state index in [1.165, 1.54) is 23.4 Å². The number of carbonyl (C=O) groups excluding carboxylic acids is 1. The molecule has 1 N–H and O–H groups in total. The first-order chi connectivity index (χ1) is 11.7. The van der Waals surface area contributed by atoms with Crippen molar-refractivity contribution in [1.82, 2.24) is 4.57 Å². The number of hydrogen-bond donors (Lipinski definition) is 1. The fourth-order valence-electron chi connectivity index (χ4n) is 4.60. The molecule has 2 aliphatic rings. The zero-order chi connectivity index (χ0) is 18.0. The van der Waals surface area contributed by atoms with Gasteiger partial charge in [-0.3, -0.25) is 4.79 Å². The Bertz CT molecular complexity index is 868. The van der Waals surface area contributed by atoms with Crippen molar-refractivity contribution in [3.8, 4) is 0 Å². The van der Waals surface area contributed by atoms with Crippen LogP contribution in [0, 0.1) is 0 Å². The summed E-state index contributed by atoms with van der Waals surface area (Å²) in [6.07, 6.45) is 0.837. The summed E-state index contributed by atoms with van der Waals surface area (Å²) in [5.41, 5.74) is 1.73.